The van der Waals surface area contributed by atoms with Crippen LogP contribution in [0.25, 0.3) is 0 Å². The molecule has 2 fully saturated rings. The van der Waals surface area contributed by atoms with Crippen molar-refractivity contribution in [2.75, 3.05) is 6.54 Å². The zero-order chi connectivity index (χ0) is 15.7. The summed E-state index contributed by atoms with van der Waals surface area (Å²) in [6, 6.07) is 1.49. The first-order chi connectivity index (χ1) is 10.6. The van der Waals surface area contributed by atoms with Crippen molar-refractivity contribution in [1.82, 2.24) is 25.8 Å². The molecule has 0 aliphatic carbocycles. The van der Waals surface area contributed by atoms with Crippen LogP contribution in [-0.4, -0.2) is 56.6 Å². The summed E-state index contributed by atoms with van der Waals surface area (Å²) in [4.78, 5) is 40.9. The van der Waals surface area contributed by atoms with E-state index in [4.69, 9.17) is 0 Å². The lowest BCUT2D eigenvalue weighted by molar-refractivity contribution is -0.126. The minimum atomic E-state index is -0.696. The van der Waals surface area contributed by atoms with Crippen LogP contribution in [0.3, 0.4) is 0 Å². The van der Waals surface area contributed by atoms with Gasteiger partial charge in [0, 0.05) is 24.5 Å². The molecule has 9 heteroatoms. The number of hydrogen-bond donors (Lipinski definition) is 3. The fourth-order valence-corrected chi connectivity index (χ4v) is 2.70. The number of hydroxylamine groups is 2. The maximum Gasteiger partial charge on any atom is 0.344 e. The van der Waals surface area contributed by atoms with Gasteiger partial charge in [0.15, 0.2) is 0 Å². The number of fused-ring (bicyclic) bond motifs is 2. The number of hydrazine groups is 1. The second-order valence-corrected chi connectivity index (χ2v) is 5.21. The number of pyridine rings is 1. The second kappa shape index (κ2) is 5.60. The fourth-order valence-electron chi connectivity index (χ4n) is 2.70. The normalized spacial score (nSPS) is 23.4. The van der Waals surface area contributed by atoms with Crippen LogP contribution in [-0.2, 0) is 4.79 Å². The highest BCUT2D eigenvalue weighted by Gasteiger charge is 2.46. The molecule has 2 bridgehead atoms. The van der Waals surface area contributed by atoms with Crippen molar-refractivity contribution in [2.24, 2.45) is 0 Å². The van der Waals surface area contributed by atoms with E-state index in [1.807, 2.05) is 0 Å². The molecule has 1 aromatic heterocycles. The van der Waals surface area contributed by atoms with E-state index in [-0.39, 0.29) is 6.04 Å². The smallest absolute Gasteiger partial charge is 0.309 e. The Morgan fingerprint density at radius 3 is 2.68 bits per heavy atom. The van der Waals surface area contributed by atoms with E-state index in [1.165, 1.54) is 29.4 Å². The number of amides is 4. The molecule has 4 amide bonds. The maximum atomic E-state index is 12.1. The van der Waals surface area contributed by atoms with Gasteiger partial charge < -0.3 is 4.90 Å². The van der Waals surface area contributed by atoms with Crippen molar-refractivity contribution in [3.05, 3.63) is 30.1 Å². The number of urea groups is 1. The number of hydrogen-bond acceptors (Lipinski definition) is 5. The molecule has 2 aliphatic rings. The van der Waals surface area contributed by atoms with E-state index < -0.39 is 23.9 Å². The first-order valence-corrected chi connectivity index (χ1v) is 6.87. The average molecular weight is 305 g/mol. The van der Waals surface area contributed by atoms with Crippen LogP contribution in [0.5, 0.6) is 0 Å². The molecule has 3 rings (SSSR count). The molecular formula is C13H15N5O4. The molecule has 0 saturated carbocycles. The first kappa shape index (κ1) is 14.3. The number of piperidine rings is 1. The molecule has 0 aromatic carbocycles. The van der Waals surface area contributed by atoms with Crippen molar-refractivity contribution < 1.29 is 19.6 Å². The van der Waals surface area contributed by atoms with E-state index in [1.54, 1.807) is 0 Å². The zero-order valence-electron chi connectivity index (χ0n) is 11.6. The van der Waals surface area contributed by atoms with Gasteiger partial charge in [0.05, 0.1) is 6.04 Å². The molecular weight excluding hydrogens is 290 g/mol. The molecule has 0 unspecified atom stereocenters. The molecule has 2 atom stereocenters. The Balaban J connectivity index is 1.59. The highest BCUT2D eigenvalue weighted by atomic mass is 16.5. The number of nitrogens with one attached hydrogen (secondary N) is 2. The summed E-state index contributed by atoms with van der Waals surface area (Å²) in [5, 5.41) is 10.2. The predicted molar refractivity (Wildman–Crippen MR) is 72.4 cm³/mol. The Labute approximate surface area is 125 Å². The lowest BCUT2D eigenvalue weighted by Crippen LogP contribution is -2.54. The third-order valence-corrected chi connectivity index (χ3v) is 3.89. The van der Waals surface area contributed by atoms with Crippen molar-refractivity contribution in [1.29, 1.82) is 0 Å². The molecule has 0 radical (unpaired) electrons. The van der Waals surface area contributed by atoms with Gasteiger partial charge in [-0.2, -0.15) is 0 Å². The molecule has 9 nitrogen and oxygen atoms in total. The number of aromatic nitrogens is 1. The Bertz CT molecular complexity index is 608. The summed E-state index contributed by atoms with van der Waals surface area (Å²) in [6.45, 7) is 0.311. The number of carbonyl (C=O) groups excluding carboxylic acids is 3. The molecule has 22 heavy (non-hydrogen) atoms. The Kier molecular flexibility index (Phi) is 3.63. The number of nitrogens with zero attached hydrogens (tertiary/aromatic N) is 3. The molecule has 3 N–H and O–H groups in total. The number of carbonyl (C=O) groups is 3. The average Bonchev–Trinajstić information content (AvgIpc) is 2.78. The Morgan fingerprint density at radius 1 is 1.23 bits per heavy atom. The first-order valence-electron chi connectivity index (χ1n) is 6.87. The Morgan fingerprint density at radius 2 is 1.95 bits per heavy atom. The third kappa shape index (κ3) is 2.46. The van der Waals surface area contributed by atoms with E-state index >= 15 is 0 Å². The van der Waals surface area contributed by atoms with Crippen molar-refractivity contribution in [2.45, 2.75) is 24.9 Å². The molecule has 116 valence electrons. The van der Waals surface area contributed by atoms with Crippen molar-refractivity contribution >= 4 is 17.8 Å². The monoisotopic (exact) mass is 305 g/mol. The number of rotatable bonds is 2. The topological polar surface area (TPSA) is 115 Å². The van der Waals surface area contributed by atoms with Gasteiger partial charge in [-0.15, -0.1) is 0 Å². The minimum Gasteiger partial charge on any atom is -0.309 e. The van der Waals surface area contributed by atoms with E-state index in [0.29, 0.717) is 30.0 Å². The van der Waals surface area contributed by atoms with Gasteiger partial charge in [0.25, 0.3) is 11.8 Å². The van der Waals surface area contributed by atoms with Gasteiger partial charge in [-0.25, -0.2) is 9.86 Å². The standard InChI is InChI=1S/C13H15N5O4/c19-11(8-3-5-14-6-4-8)15-16-12(20)10-2-1-9-7-17(10)13(21)18(9)22/h3-6,9-10,22H,1-2,7H2,(H,15,19)(H,16,20)/t9-,10+/m1/s1. The highest BCUT2D eigenvalue weighted by Crippen LogP contribution is 2.28. The fraction of sp³-hybridized carbons (Fsp3) is 0.385. The second-order valence-electron chi connectivity index (χ2n) is 5.21. The van der Waals surface area contributed by atoms with Crippen LogP contribution < -0.4 is 10.9 Å². The van der Waals surface area contributed by atoms with Gasteiger partial charge in [-0.3, -0.25) is 30.6 Å². The van der Waals surface area contributed by atoms with Gasteiger partial charge in [-0.1, -0.05) is 0 Å². The predicted octanol–water partition coefficient (Wildman–Crippen LogP) is -0.500. The molecule has 3 heterocycles. The SMILES string of the molecule is O=C(NNC(=O)[C@@H]1CC[C@@H]2CN1C(=O)N2O)c1ccncc1. The molecule has 2 saturated heterocycles. The van der Waals surface area contributed by atoms with Crippen molar-refractivity contribution in [3.8, 4) is 0 Å². The quantitative estimate of drug-likeness (QED) is 0.503. The van der Waals surface area contributed by atoms with Gasteiger partial charge in [-0.05, 0) is 25.0 Å². The van der Waals surface area contributed by atoms with Crippen LogP contribution in [0.4, 0.5) is 4.79 Å². The minimum absolute atomic E-state index is 0.261. The summed E-state index contributed by atoms with van der Waals surface area (Å²) >= 11 is 0. The Hall–Kier alpha value is -2.68. The summed E-state index contributed by atoms with van der Waals surface area (Å²) in [7, 11) is 0. The van der Waals surface area contributed by atoms with Crippen LogP contribution >= 0.6 is 0 Å². The van der Waals surface area contributed by atoms with Crippen LogP contribution in [0, 0.1) is 0 Å². The van der Waals surface area contributed by atoms with Crippen molar-refractivity contribution in [3.63, 3.8) is 0 Å². The zero-order valence-corrected chi connectivity index (χ0v) is 11.6. The molecule has 2 aliphatic heterocycles. The van der Waals surface area contributed by atoms with Crippen LogP contribution in [0.2, 0.25) is 0 Å². The molecule has 1 aromatic rings. The highest BCUT2D eigenvalue weighted by molar-refractivity contribution is 5.96. The van der Waals surface area contributed by atoms with E-state index in [9.17, 15) is 19.6 Å². The maximum absolute atomic E-state index is 12.1. The molecule has 0 spiro atoms. The van der Waals surface area contributed by atoms with E-state index in [2.05, 4.69) is 15.8 Å². The summed E-state index contributed by atoms with van der Waals surface area (Å²) in [6.07, 6.45) is 3.91. The van der Waals surface area contributed by atoms with Gasteiger partial charge in [0.1, 0.15) is 6.04 Å². The summed E-state index contributed by atoms with van der Waals surface area (Å²) in [5.41, 5.74) is 4.97. The van der Waals surface area contributed by atoms with Crippen LogP contribution in [0.1, 0.15) is 23.2 Å². The summed E-state index contributed by atoms with van der Waals surface area (Å²) < 4.78 is 0. The third-order valence-electron chi connectivity index (χ3n) is 3.89. The lowest BCUT2D eigenvalue weighted by Gasteiger charge is -2.29. The van der Waals surface area contributed by atoms with Crippen LogP contribution in [0.15, 0.2) is 24.5 Å². The summed E-state index contributed by atoms with van der Waals surface area (Å²) in [5.74, 6) is -0.953. The largest absolute Gasteiger partial charge is 0.344 e. The lowest BCUT2D eigenvalue weighted by atomic mass is 10.0. The van der Waals surface area contributed by atoms with Gasteiger partial charge >= 0.3 is 6.03 Å². The van der Waals surface area contributed by atoms with E-state index in [0.717, 1.165) is 0 Å². The van der Waals surface area contributed by atoms with Gasteiger partial charge in [0.2, 0.25) is 0 Å².